The number of rotatable bonds is 7. The lowest BCUT2D eigenvalue weighted by molar-refractivity contribution is -0.122. The Kier molecular flexibility index (Phi) is 6.42. The SMILES string of the molecule is CC(C)NC(=O)c1ccc(Cl)c(NC(=O)CCNC(=O)[C@H]2C[C@@H]2C)c1. The van der Waals surface area contributed by atoms with Gasteiger partial charge in [-0.05, 0) is 44.4 Å². The molecule has 1 aromatic rings. The zero-order chi connectivity index (χ0) is 18.6. The second-order valence-electron chi connectivity index (χ2n) is 6.73. The Bertz CT molecular complexity index is 676. The number of nitrogens with one attached hydrogen (secondary N) is 3. The molecule has 0 spiro atoms. The van der Waals surface area contributed by atoms with Gasteiger partial charge in [-0.2, -0.15) is 0 Å². The van der Waals surface area contributed by atoms with Crippen LogP contribution in [0.4, 0.5) is 5.69 Å². The number of anilines is 1. The lowest BCUT2D eigenvalue weighted by Gasteiger charge is -2.12. The van der Waals surface area contributed by atoms with E-state index < -0.39 is 0 Å². The largest absolute Gasteiger partial charge is 0.355 e. The third-order valence-corrected chi connectivity index (χ3v) is 4.35. The number of amides is 3. The molecule has 25 heavy (non-hydrogen) atoms. The van der Waals surface area contributed by atoms with Gasteiger partial charge in [0.05, 0.1) is 10.7 Å². The van der Waals surface area contributed by atoms with E-state index in [9.17, 15) is 14.4 Å². The summed E-state index contributed by atoms with van der Waals surface area (Å²) in [6, 6.07) is 4.73. The fourth-order valence-corrected chi connectivity index (χ4v) is 2.60. The molecule has 1 aliphatic carbocycles. The van der Waals surface area contributed by atoms with Crippen molar-refractivity contribution in [1.82, 2.24) is 10.6 Å². The number of benzene rings is 1. The van der Waals surface area contributed by atoms with Crippen molar-refractivity contribution in [2.75, 3.05) is 11.9 Å². The maximum atomic E-state index is 12.0. The lowest BCUT2D eigenvalue weighted by Crippen LogP contribution is -2.30. The smallest absolute Gasteiger partial charge is 0.251 e. The first-order chi connectivity index (χ1) is 11.8. The van der Waals surface area contributed by atoms with E-state index in [1.165, 1.54) is 0 Å². The van der Waals surface area contributed by atoms with E-state index in [0.29, 0.717) is 22.2 Å². The zero-order valence-corrected chi connectivity index (χ0v) is 15.4. The monoisotopic (exact) mass is 365 g/mol. The van der Waals surface area contributed by atoms with Gasteiger partial charge in [0.15, 0.2) is 0 Å². The van der Waals surface area contributed by atoms with Gasteiger partial charge in [-0.15, -0.1) is 0 Å². The molecule has 3 amide bonds. The first kappa shape index (κ1) is 19.2. The van der Waals surface area contributed by atoms with Gasteiger partial charge >= 0.3 is 0 Å². The second-order valence-corrected chi connectivity index (χ2v) is 7.14. The minimum atomic E-state index is -0.271. The van der Waals surface area contributed by atoms with Crippen molar-refractivity contribution >= 4 is 35.0 Å². The molecule has 6 nitrogen and oxygen atoms in total. The molecule has 0 aromatic heterocycles. The Balaban J connectivity index is 1.86. The summed E-state index contributed by atoms with van der Waals surface area (Å²) >= 11 is 6.08. The molecule has 1 saturated carbocycles. The summed E-state index contributed by atoms with van der Waals surface area (Å²) in [7, 11) is 0. The van der Waals surface area contributed by atoms with Crippen LogP contribution in [0.2, 0.25) is 5.02 Å². The van der Waals surface area contributed by atoms with Crippen LogP contribution in [0.3, 0.4) is 0 Å². The normalized spacial score (nSPS) is 18.6. The minimum absolute atomic E-state index is 0.00527. The first-order valence-corrected chi connectivity index (χ1v) is 8.83. The van der Waals surface area contributed by atoms with Crippen LogP contribution < -0.4 is 16.0 Å². The third kappa shape index (κ3) is 5.74. The minimum Gasteiger partial charge on any atom is -0.355 e. The van der Waals surface area contributed by atoms with Gasteiger partial charge in [0.2, 0.25) is 11.8 Å². The Morgan fingerprint density at radius 3 is 2.56 bits per heavy atom. The van der Waals surface area contributed by atoms with Crippen LogP contribution in [0.15, 0.2) is 18.2 Å². The van der Waals surface area contributed by atoms with E-state index in [4.69, 9.17) is 11.6 Å². The highest BCUT2D eigenvalue weighted by Crippen LogP contribution is 2.37. The molecule has 0 heterocycles. The van der Waals surface area contributed by atoms with E-state index in [2.05, 4.69) is 16.0 Å². The van der Waals surface area contributed by atoms with E-state index in [1.54, 1.807) is 18.2 Å². The quantitative estimate of drug-likeness (QED) is 0.694. The Labute approximate surface area is 152 Å². The number of hydrogen-bond acceptors (Lipinski definition) is 3. The van der Waals surface area contributed by atoms with Crippen molar-refractivity contribution in [3.63, 3.8) is 0 Å². The van der Waals surface area contributed by atoms with Gasteiger partial charge in [0, 0.05) is 30.5 Å². The van der Waals surface area contributed by atoms with Crippen LogP contribution in [0.5, 0.6) is 0 Å². The molecular weight excluding hydrogens is 342 g/mol. The predicted octanol–water partition coefficient (Wildman–Crippen LogP) is 2.58. The molecule has 2 rings (SSSR count). The van der Waals surface area contributed by atoms with Gasteiger partial charge in [-0.1, -0.05) is 18.5 Å². The summed E-state index contributed by atoms with van der Waals surface area (Å²) in [6.07, 6.45) is 1.06. The summed E-state index contributed by atoms with van der Waals surface area (Å²) in [6.45, 7) is 6.04. The molecule has 1 aliphatic rings. The fourth-order valence-electron chi connectivity index (χ4n) is 2.44. The highest BCUT2D eigenvalue weighted by molar-refractivity contribution is 6.33. The van der Waals surface area contributed by atoms with Crippen LogP contribution in [0, 0.1) is 11.8 Å². The van der Waals surface area contributed by atoms with Crippen molar-refractivity contribution in [3.05, 3.63) is 28.8 Å². The third-order valence-electron chi connectivity index (χ3n) is 4.02. The summed E-state index contributed by atoms with van der Waals surface area (Å²) in [5.74, 6) is 0.0344. The van der Waals surface area contributed by atoms with Gasteiger partial charge in [-0.3, -0.25) is 14.4 Å². The van der Waals surface area contributed by atoms with Gasteiger partial charge in [0.25, 0.3) is 5.91 Å². The van der Waals surface area contributed by atoms with E-state index in [0.717, 1.165) is 6.42 Å². The Morgan fingerprint density at radius 1 is 1.28 bits per heavy atom. The lowest BCUT2D eigenvalue weighted by atomic mass is 10.1. The first-order valence-electron chi connectivity index (χ1n) is 8.46. The molecule has 3 N–H and O–H groups in total. The standard InChI is InChI=1S/C18H24ClN3O3/c1-10(2)21-17(24)12-4-5-14(19)15(9-12)22-16(23)6-7-20-18(25)13-8-11(13)3/h4-5,9-11,13H,6-8H2,1-3H3,(H,20,25)(H,21,24)(H,22,23)/t11-,13-/m0/s1. The average molecular weight is 366 g/mol. The zero-order valence-electron chi connectivity index (χ0n) is 14.7. The Hall–Kier alpha value is -2.08. The van der Waals surface area contributed by atoms with Crippen molar-refractivity contribution in [2.24, 2.45) is 11.8 Å². The summed E-state index contributed by atoms with van der Waals surface area (Å²) in [4.78, 5) is 35.8. The van der Waals surface area contributed by atoms with Crippen LogP contribution in [0.25, 0.3) is 0 Å². The average Bonchev–Trinajstić information content (AvgIpc) is 3.25. The van der Waals surface area contributed by atoms with Gasteiger partial charge in [-0.25, -0.2) is 0 Å². The topological polar surface area (TPSA) is 87.3 Å². The van der Waals surface area contributed by atoms with Crippen molar-refractivity contribution < 1.29 is 14.4 Å². The van der Waals surface area contributed by atoms with Gasteiger partial charge in [0.1, 0.15) is 0 Å². The summed E-state index contributed by atoms with van der Waals surface area (Å²) in [5, 5.41) is 8.58. The highest BCUT2D eigenvalue weighted by atomic mass is 35.5. The molecule has 0 bridgehead atoms. The predicted molar refractivity (Wildman–Crippen MR) is 97.6 cm³/mol. The van der Waals surface area contributed by atoms with Crippen LogP contribution in [-0.4, -0.2) is 30.3 Å². The van der Waals surface area contributed by atoms with Crippen LogP contribution in [-0.2, 0) is 9.59 Å². The number of carbonyl (C=O) groups excluding carboxylic acids is 3. The number of hydrogen-bond donors (Lipinski definition) is 3. The molecule has 1 fully saturated rings. The number of carbonyl (C=O) groups is 3. The molecule has 2 atom stereocenters. The van der Waals surface area contributed by atoms with Crippen LogP contribution in [0.1, 0.15) is 44.0 Å². The van der Waals surface area contributed by atoms with Gasteiger partial charge < -0.3 is 16.0 Å². The fraction of sp³-hybridized carbons (Fsp3) is 0.500. The molecule has 0 radical (unpaired) electrons. The van der Waals surface area contributed by atoms with Crippen molar-refractivity contribution in [3.8, 4) is 0 Å². The van der Waals surface area contributed by atoms with Crippen LogP contribution >= 0.6 is 11.6 Å². The van der Waals surface area contributed by atoms with E-state index in [1.807, 2.05) is 20.8 Å². The maximum Gasteiger partial charge on any atom is 0.251 e. The molecule has 1 aromatic carbocycles. The highest BCUT2D eigenvalue weighted by Gasteiger charge is 2.38. The molecule has 0 aliphatic heterocycles. The summed E-state index contributed by atoms with van der Waals surface area (Å²) in [5.41, 5.74) is 0.801. The number of halogens is 1. The maximum absolute atomic E-state index is 12.0. The Morgan fingerprint density at radius 2 is 1.96 bits per heavy atom. The van der Waals surface area contributed by atoms with E-state index >= 15 is 0 Å². The van der Waals surface area contributed by atoms with E-state index in [-0.39, 0.29) is 42.6 Å². The van der Waals surface area contributed by atoms with Crippen molar-refractivity contribution in [1.29, 1.82) is 0 Å². The molecule has 136 valence electrons. The molecule has 0 unspecified atom stereocenters. The molecular formula is C18H24ClN3O3. The second kappa shape index (κ2) is 8.34. The van der Waals surface area contributed by atoms with Crippen molar-refractivity contribution in [2.45, 2.75) is 39.7 Å². The summed E-state index contributed by atoms with van der Waals surface area (Å²) < 4.78 is 0. The molecule has 7 heteroatoms. The molecule has 0 saturated heterocycles.